The molecule has 1 amide bonds. The van der Waals surface area contributed by atoms with E-state index in [-0.39, 0.29) is 31.1 Å². The standard InChI is InChI=1S/C14H19Cl2N3O4S/c15-9-1-2-10(16)11(5-9)18-14(21)6-19(4-3-17)12-7-24(22,23)8-13(12)20/h1-2,5,12-13,20H,3-4,6-8,17H2,(H,18,21). The van der Waals surface area contributed by atoms with Crippen LogP contribution in [0, 0.1) is 0 Å². The lowest BCUT2D eigenvalue weighted by Gasteiger charge is -2.29. The van der Waals surface area contributed by atoms with Gasteiger partial charge in [-0.15, -0.1) is 0 Å². The molecule has 0 aromatic heterocycles. The highest BCUT2D eigenvalue weighted by Crippen LogP contribution is 2.25. The van der Waals surface area contributed by atoms with Gasteiger partial charge in [0.2, 0.25) is 5.91 Å². The summed E-state index contributed by atoms with van der Waals surface area (Å²) in [5.74, 6) is -0.899. The second kappa shape index (κ2) is 7.99. The summed E-state index contributed by atoms with van der Waals surface area (Å²) in [6.07, 6.45) is -1.04. The van der Waals surface area contributed by atoms with Crippen molar-refractivity contribution in [2.45, 2.75) is 12.1 Å². The van der Waals surface area contributed by atoms with Gasteiger partial charge in [-0.25, -0.2) is 8.42 Å². The minimum atomic E-state index is -3.32. The maximum atomic E-state index is 12.3. The average Bonchev–Trinajstić information content (AvgIpc) is 2.75. The van der Waals surface area contributed by atoms with E-state index in [4.69, 9.17) is 28.9 Å². The van der Waals surface area contributed by atoms with Crippen molar-refractivity contribution < 1.29 is 18.3 Å². The third-order valence-electron chi connectivity index (χ3n) is 3.73. The molecule has 1 fully saturated rings. The number of rotatable bonds is 6. The highest BCUT2D eigenvalue weighted by atomic mass is 35.5. The second-order valence-corrected chi connectivity index (χ2v) is 8.64. The molecule has 1 aromatic carbocycles. The van der Waals surface area contributed by atoms with Gasteiger partial charge in [0.25, 0.3) is 0 Å². The van der Waals surface area contributed by atoms with Crippen molar-refractivity contribution in [2.75, 3.05) is 36.5 Å². The zero-order valence-corrected chi connectivity index (χ0v) is 15.1. The largest absolute Gasteiger partial charge is 0.390 e. The number of anilines is 1. The zero-order chi connectivity index (χ0) is 17.9. The molecule has 0 spiro atoms. The number of amides is 1. The number of nitrogens with two attached hydrogens (primary N) is 1. The lowest BCUT2D eigenvalue weighted by Crippen LogP contribution is -2.48. The first-order valence-corrected chi connectivity index (χ1v) is 9.87. The van der Waals surface area contributed by atoms with Crippen LogP contribution < -0.4 is 11.1 Å². The van der Waals surface area contributed by atoms with Crippen LogP contribution in [0.5, 0.6) is 0 Å². The number of aliphatic hydroxyl groups excluding tert-OH is 1. The van der Waals surface area contributed by atoms with E-state index in [1.807, 2.05) is 0 Å². The number of carbonyl (C=O) groups is 1. The maximum Gasteiger partial charge on any atom is 0.238 e. The Bertz CT molecular complexity index is 714. The van der Waals surface area contributed by atoms with Crippen molar-refractivity contribution in [3.05, 3.63) is 28.2 Å². The monoisotopic (exact) mass is 395 g/mol. The van der Waals surface area contributed by atoms with Gasteiger partial charge in [-0.05, 0) is 18.2 Å². The molecule has 7 nitrogen and oxygen atoms in total. The van der Waals surface area contributed by atoms with E-state index in [0.29, 0.717) is 15.7 Å². The van der Waals surface area contributed by atoms with Crippen LogP contribution >= 0.6 is 23.2 Å². The van der Waals surface area contributed by atoms with E-state index >= 15 is 0 Å². The maximum absolute atomic E-state index is 12.3. The van der Waals surface area contributed by atoms with Crippen molar-refractivity contribution in [3.63, 3.8) is 0 Å². The topological polar surface area (TPSA) is 113 Å². The summed E-state index contributed by atoms with van der Waals surface area (Å²) in [7, 11) is -3.32. The van der Waals surface area contributed by atoms with Crippen LogP contribution in [0.4, 0.5) is 5.69 Å². The lowest BCUT2D eigenvalue weighted by atomic mass is 10.1. The third-order valence-corrected chi connectivity index (χ3v) is 5.99. The molecule has 1 aromatic rings. The van der Waals surface area contributed by atoms with E-state index < -0.39 is 27.9 Å². The van der Waals surface area contributed by atoms with Gasteiger partial charge in [0.15, 0.2) is 9.84 Å². The summed E-state index contributed by atoms with van der Waals surface area (Å²) in [5, 5.41) is 13.4. The summed E-state index contributed by atoms with van der Waals surface area (Å²) in [5.41, 5.74) is 5.90. The minimum Gasteiger partial charge on any atom is -0.390 e. The van der Waals surface area contributed by atoms with Gasteiger partial charge in [0.1, 0.15) is 0 Å². The smallest absolute Gasteiger partial charge is 0.238 e. The number of halogens is 2. The fourth-order valence-electron chi connectivity index (χ4n) is 2.65. The summed E-state index contributed by atoms with van der Waals surface area (Å²) in [6, 6.07) is 4.02. The fraction of sp³-hybridized carbons (Fsp3) is 0.500. The molecule has 1 aliphatic rings. The van der Waals surface area contributed by atoms with Crippen LogP contribution in [-0.2, 0) is 14.6 Å². The molecular weight excluding hydrogens is 377 g/mol. The molecule has 0 radical (unpaired) electrons. The Morgan fingerprint density at radius 2 is 2.08 bits per heavy atom. The number of benzene rings is 1. The number of sulfone groups is 1. The first-order chi connectivity index (χ1) is 11.2. The number of nitrogens with zero attached hydrogens (tertiary/aromatic N) is 1. The summed E-state index contributed by atoms with van der Waals surface area (Å²) in [6.45, 7) is 0.402. The SMILES string of the molecule is NCCN(CC(=O)Nc1cc(Cl)ccc1Cl)C1CS(=O)(=O)CC1O. The van der Waals surface area contributed by atoms with Crippen LogP contribution in [0.2, 0.25) is 10.0 Å². The number of aliphatic hydroxyl groups is 1. The molecule has 24 heavy (non-hydrogen) atoms. The molecule has 134 valence electrons. The molecule has 1 aliphatic heterocycles. The quantitative estimate of drug-likeness (QED) is 0.640. The molecule has 10 heteroatoms. The third kappa shape index (κ3) is 5.05. The average molecular weight is 396 g/mol. The summed E-state index contributed by atoms with van der Waals surface area (Å²) < 4.78 is 23.3. The van der Waals surface area contributed by atoms with Gasteiger partial charge >= 0.3 is 0 Å². The Kier molecular flexibility index (Phi) is 6.46. The molecule has 4 N–H and O–H groups in total. The van der Waals surface area contributed by atoms with E-state index in [0.717, 1.165) is 0 Å². The normalized spacial score (nSPS) is 22.7. The molecule has 2 atom stereocenters. The molecule has 0 aliphatic carbocycles. The highest BCUT2D eigenvalue weighted by molar-refractivity contribution is 7.91. The molecule has 2 unspecified atom stereocenters. The molecule has 0 saturated carbocycles. The van der Waals surface area contributed by atoms with Crippen molar-refractivity contribution in [2.24, 2.45) is 5.73 Å². The van der Waals surface area contributed by atoms with Gasteiger partial charge < -0.3 is 16.2 Å². The minimum absolute atomic E-state index is 0.114. The lowest BCUT2D eigenvalue weighted by molar-refractivity contribution is -0.118. The van der Waals surface area contributed by atoms with E-state index in [2.05, 4.69) is 5.32 Å². The first kappa shape index (κ1) is 19.4. The first-order valence-electron chi connectivity index (χ1n) is 7.29. The van der Waals surface area contributed by atoms with Gasteiger partial charge in [-0.2, -0.15) is 0 Å². The Hall–Kier alpha value is -0.900. The van der Waals surface area contributed by atoms with Crippen molar-refractivity contribution in [1.29, 1.82) is 0 Å². The van der Waals surface area contributed by atoms with Crippen LogP contribution in [0.15, 0.2) is 18.2 Å². The van der Waals surface area contributed by atoms with Crippen molar-refractivity contribution in [3.8, 4) is 0 Å². The number of carbonyl (C=O) groups excluding carboxylic acids is 1. The van der Waals surface area contributed by atoms with E-state index in [1.165, 1.54) is 6.07 Å². The fourth-order valence-corrected chi connectivity index (χ4v) is 4.82. The Labute approximate surface area is 150 Å². The zero-order valence-electron chi connectivity index (χ0n) is 12.8. The van der Waals surface area contributed by atoms with Crippen molar-refractivity contribution >= 4 is 44.6 Å². The predicted octanol–water partition coefficient (Wildman–Crippen LogP) is 0.351. The number of hydrogen-bond donors (Lipinski definition) is 3. The Morgan fingerprint density at radius 1 is 1.38 bits per heavy atom. The Morgan fingerprint density at radius 3 is 2.67 bits per heavy atom. The van der Waals surface area contributed by atoms with Crippen LogP contribution in [0.3, 0.4) is 0 Å². The number of hydrogen-bond acceptors (Lipinski definition) is 6. The molecule has 1 heterocycles. The van der Waals surface area contributed by atoms with Gasteiger partial charge in [0.05, 0.1) is 40.9 Å². The van der Waals surface area contributed by atoms with E-state index in [1.54, 1.807) is 17.0 Å². The summed E-state index contributed by atoms with van der Waals surface area (Å²) in [4.78, 5) is 13.8. The van der Waals surface area contributed by atoms with E-state index in [9.17, 15) is 18.3 Å². The van der Waals surface area contributed by atoms with Gasteiger partial charge in [-0.1, -0.05) is 23.2 Å². The van der Waals surface area contributed by atoms with Crippen molar-refractivity contribution in [1.82, 2.24) is 4.90 Å². The van der Waals surface area contributed by atoms with Crippen LogP contribution in [0.1, 0.15) is 0 Å². The molecule has 0 bridgehead atoms. The van der Waals surface area contributed by atoms with Gasteiger partial charge in [-0.3, -0.25) is 9.69 Å². The second-order valence-electron chi connectivity index (χ2n) is 5.64. The highest BCUT2D eigenvalue weighted by Gasteiger charge is 2.40. The number of nitrogens with one attached hydrogen (secondary N) is 1. The predicted molar refractivity (Wildman–Crippen MR) is 94.2 cm³/mol. The van der Waals surface area contributed by atoms with Crippen LogP contribution in [0.25, 0.3) is 0 Å². The Balaban J connectivity index is 2.07. The van der Waals surface area contributed by atoms with Gasteiger partial charge in [0, 0.05) is 18.1 Å². The molecular formula is C14H19Cl2N3O4S. The molecule has 2 rings (SSSR count). The van der Waals surface area contributed by atoms with Crippen LogP contribution in [-0.4, -0.2) is 67.6 Å². The molecule has 1 saturated heterocycles. The summed E-state index contributed by atoms with van der Waals surface area (Å²) >= 11 is 11.9.